The number of nitrogens with zero attached hydrogens (tertiary/aromatic N) is 4. The van der Waals surface area contributed by atoms with Gasteiger partial charge in [0.25, 0.3) is 0 Å². The molecule has 29 heavy (non-hydrogen) atoms. The Labute approximate surface area is 188 Å². The second-order valence-electron chi connectivity index (χ2n) is 6.91. The summed E-state index contributed by atoms with van der Waals surface area (Å²) < 4.78 is 7.18. The molecule has 2 aromatic heterocycles. The van der Waals surface area contributed by atoms with Crippen LogP contribution in [0.25, 0.3) is 5.69 Å². The van der Waals surface area contributed by atoms with Crippen LogP contribution in [-0.4, -0.2) is 45.9 Å². The molecule has 156 valence electrons. The van der Waals surface area contributed by atoms with Crippen LogP contribution in [0, 0.1) is 0 Å². The van der Waals surface area contributed by atoms with Gasteiger partial charge in [0.15, 0.2) is 5.96 Å². The van der Waals surface area contributed by atoms with E-state index in [-0.39, 0.29) is 30.5 Å². The lowest BCUT2D eigenvalue weighted by Gasteiger charge is -2.24. The predicted molar refractivity (Wildman–Crippen MR) is 125 cm³/mol. The second-order valence-corrected chi connectivity index (χ2v) is 6.91. The van der Waals surface area contributed by atoms with Gasteiger partial charge in [0.1, 0.15) is 11.4 Å². The van der Waals surface area contributed by atoms with Gasteiger partial charge in [-0.05, 0) is 38.1 Å². The SMILES string of the molecule is CCNC(=NCC(C)(O)c1ccco1)N(C)Cc1cnn(-c2ccccc2)c1.I. The van der Waals surface area contributed by atoms with Gasteiger partial charge in [0, 0.05) is 31.9 Å². The Morgan fingerprint density at radius 2 is 2.03 bits per heavy atom. The molecule has 1 atom stereocenters. The van der Waals surface area contributed by atoms with Gasteiger partial charge >= 0.3 is 0 Å². The van der Waals surface area contributed by atoms with Crippen LogP contribution in [0.1, 0.15) is 25.2 Å². The maximum Gasteiger partial charge on any atom is 0.194 e. The largest absolute Gasteiger partial charge is 0.466 e. The molecule has 0 aliphatic heterocycles. The van der Waals surface area contributed by atoms with Crippen molar-refractivity contribution >= 4 is 29.9 Å². The number of hydrogen-bond donors (Lipinski definition) is 2. The molecule has 1 aromatic carbocycles. The number of halogens is 1. The average Bonchev–Trinajstić information content (AvgIpc) is 3.38. The molecular weight excluding hydrogens is 481 g/mol. The van der Waals surface area contributed by atoms with E-state index in [0.29, 0.717) is 18.3 Å². The number of aliphatic hydroxyl groups is 1. The molecule has 3 rings (SSSR count). The normalized spacial score (nSPS) is 13.4. The Morgan fingerprint density at radius 3 is 2.69 bits per heavy atom. The number of benzene rings is 1. The van der Waals surface area contributed by atoms with E-state index in [9.17, 15) is 5.11 Å². The third-order valence-corrected chi connectivity index (χ3v) is 4.36. The zero-order valence-corrected chi connectivity index (χ0v) is 19.3. The average molecular weight is 509 g/mol. The predicted octanol–water partition coefficient (Wildman–Crippen LogP) is 3.39. The summed E-state index contributed by atoms with van der Waals surface area (Å²) in [5, 5.41) is 18.3. The van der Waals surface area contributed by atoms with Crippen molar-refractivity contribution in [1.29, 1.82) is 0 Å². The Morgan fingerprint density at radius 1 is 1.28 bits per heavy atom. The topological polar surface area (TPSA) is 78.8 Å². The molecule has 0 amide bonds. The fraction of sp³-hybridized carbons (Fsp3) is 0.333. The monoisotopic (exact) mass is 509 g/mol. The first kappa shape index (κ1) is 23.0. The number of guanidine groups is 1. The highest BCUT2D eigenvalue weighted by Gasteiger charge is 2.26. The van der Waals surface area contributed by atoms with Gasteiger partial charge in [-0.15, -0.1) is 24.0 Å². The van der Waals surface area contributed by atoms with Crippen molar-refractivity contribution in [2.75, 3.05) is 20.1 Å². The van der Waals surface area contributed by atoms with Crippen LogP contribution in [0.2, 0.25) is 0 Å². The maximum atomic E-state index is 10.6. The third kappa shape index (κ3) is 6.07. The van der Waals surface area contributed by atoms with Gasteiger partial charge in [-0.2, -0.15) is 5.10 Å². The number of nitrogens with one attached hydrogen (secondary N) is 1. The summed E-state index contributed by atoms with van der Waals surface area (Å²) in [6.45, 7) is 5.28. The highest BCUT2D eigenvalue weighted by molar-refractivity contribution is 14.0. The number of hydrogen-bond acceptors (Lipinski definition) is 4. The highest BCUT2D eigenvalue weighted by atomic mass is 127. The van der Waals surface area contributed by atoms with Gasteiger partial charge < -0.3 is 19.7 Å². The Hall–Kier alpha value is -2.33. The molecule has 0 aliphatic carbocycles. The fourth-order valence-electron chi connectivity index (χ4n) is 2.87. The molecule has 3 aromatic rings. The molecule has 0 saturated carbocycles. The standard InChI is InChI=1S/C21H27N5O2.HI/c1-4-22-20(23-16-21(2,27)19-11-8-12-28-19)25(3)14-17-13-24-26(15-17)18-9-6-5-7-10-18;/h5-13,15,27H,4,14,16H2,1-3H3,(H,22,23);1H. The number of para-hydroxylation sites is 1. The van der Waals surface area contributed by atoms with Gasteiger partial charge in [-0.1, -0.05) is 18.2 Å². The molecule has 0 saturated heterocycles. The van der Waals surface area contributed by atoms with Crippen molar-refractivity contribution in [1.82, 2.24) is 20.0 Å². The van der Waals surface area contributed by atoms with Crippen LogP contribution in [-0.2, 0) is 12.1 Å². The van der Waals surface area contributed by atoms with Crippen molar-refractivity contribution in [3.63, 3.8) is 0 Å². The van der Waals surface area contributed by atoms with Crippen molar-refractivity contribution < 1.29 is 9.52 Å². The minimum atomic E-state index is -1.16. The van der Waals surface area contributed by atoms with E-state index >= 15 is 0 Å². The lowest BCUT2D eigenvalue weighted by molar-refractivity contribution is 0.0435. The zero-order valence-electron chi connectivity index (χ0n) is 16.9. The number of furan rings is 1. The number of aliphatic imine (C=N–C) groups is 1. The third-order valence-electron chi connectivity index (χ3n) is 4.36. The first-order valence-electron chi connectivity index (χ1n) is 9.34. The van der Waals surface area contributed by atoms with E-state index in [4.69, 9.17) is 4.42 Å². The lowest BCUT2D eigenvalue weighted by atomic mass is 10.0. The summed E-state index contributed by atoms with van der Waals surface area (Å²) in [4.78, 5) is 6.60. The molecule has 0 fully saturated rings. The molecule has 0 radical (unpaired) electrons. The van der Waals surface area contributed by atoms with Crippen LogP contribution < -0.4 is 5.32 Å². The summed E-state index contributed by atoms with van der Waals surface area (Å²) in [6, 6.07) is 13.5. The summed E-state index contributed by atoms with van der Waals surface area (Å²) in [6.07, 6.45) is 5.41. The molecule has 0 aliphatic rings. The van der Waals surface area contributed by atoms with E-state index in [0.717, 1.165) is 17.8 Å². The number of rotatable bonds is 7. The summed E-state index contributed by atoms with van der Waals surface area (Å²) in [5.41, 5.74) is 0.921. The summed E-state index contributed by atoms with van der Waals surface area (Å²) in [5.74, 6) is 1.21. The van der Waals surface area contributed by atoms with Crippen molar-refractivity contribution in [3.05, 3.63) is 72.4 Å². The minimum absolute atomic E-state index is 0. The Kier molecular flexibility index (Phi) is 8.27. The van der Waals surface area contributed by atoms with E-state index in [1.54, 1.807) is 25.3 Å². The van der Waals surface area contributed by atoms with Crippen LogP contribution >= 0.6 is 24.0 Å². The molecular formula is C21H28IN5O2. The van der Waals surface area contributed by atoms with Crippen LogP contribution in [0.3, 0.4) is 0 Å². The molecule has 2 heterocycles. The van der Waals surface area contributed by atoms with E-state index in [1.165, 1.54) is 0 Å². The molecule has 7 nitrogen and oxygen atoms in total. The van der Waals surface area contributed by atoms with Gasteiger partial charge in [-0.3, -0.25) is 0 Å². The Bertz CT molecular complexity index is 891. The molecule has 0 bridgehead atoms. The maximum absolute atomic E-state index is 10.6. The molecule has 0 spiro atoms. The lowest BCUT2D eigenvalue weighted by Crippen LogP contribution is -2.39. The molecule has 8 heteroatoms. The highest BCUT2D eigenvalue weighted by Crippen LogP contribution is 2.21. The fourth-order valence-corrected chi connectivity index (χ4v) is 2.87. The van der Waals surface area contributed by atoms with E-state index < -0.39 is 5.60 Å². The van der Waals surface area contributed by atoms with Crippen LogP contribution in [0.4, 0.5) is 0 Å². The van der Waals surface area contributed by atoms with E-state index in [1.807, 2.05) is 66.3 Å². The van der Waals surface area contributed by atoms with Crippen molar-refractivity contribution in [2.24, 2.45) is 4.99 Å². The van der Waals surface area contributed by atoms with Crippen molar-refractivity contribution in [3.8, 4) is 5.69 Å². The second kappa shape index (κ2) is 10.4. The summed E-state index contributed by atoms with van der Waals surface area (Å²) >= 11 is 0. The van der Waals surface area contributed by atoms with Gasteiger partial charge in [-0.25, -0.2) is 9.67 Å². The summed E-state index contributed by atoms with van der Waals surface area (Å²) in [7, 11) is 1.96. The minimum Gasteiger partial charge on any atom is -0.466 e. The smallest absolute Gasteiger partial charge is 0.194 e. The van der Waals surface area contributed by atoms with Crippen molar-refractivity contribution in [2.45, 2.75) is 26.0 Å². The van der Waals surface area contributed by atoms with Crippen LogP contribution in [0.5, 0.6) is 0 Å². The Balaban J connectivity index is 0.00000300. The molecule has 1 unspecified atom stereocenters. The van der Waals surface area contributed by atoms with Crippen LogP contribution in [0.15, 0.2) is 70.5 Å². The van der Waals surface area contributed by atoms with E-state index in [2.05, 4.69) is 15.4 Å². The first-order valence-corrected chi connectivity index (χ1v) is 9.34. The molecule has 2 N–H and O–H groups in total. The zero-order chi connectivity index (χ0) is 20.0. The first-order chi connectivity index (χ1) is 13.5. The van der Waals surface area contributed by atoms with Gasteiger partial charge in [0.05, 0.1) is 24.7 Å². The quantitative estimate of drug-likeness (QED) is 0.290. The number of aromatic nitrogens is 2. The van der Waals surface area contributed by atoms with Gasteiger partial charge in [0.2, 0.25) is 0 Å².